The fourth-order valence-electron chi connectivity index (χ4n) is 4.01. The lowest BCUT2D eigenvalue weighted by Crippen LogP contribution is -2.22. The van der Waals surface area contributed by atoms with Crippen molar-refractivity contribution in [1.82, 2.24) is 5.32 Å². The molecule has 0 bridgehead atoms. The number of fused-ring (bicyclic) bond motifs is 1. The van der Waals surface area contributed by atoms with Gasteiger partial charge in [0.25, 0.3) is 11.8 Å². The summed E-state index contributed by atoms with van der Waals surface area (Å²) < 4.78 is 11.3. The molecule has 0 saturated carbocycles. The highest BCUT2D eigenvalue weighted by Gasteiger charge is 2.20. The van der Waals surface area contributed by atoms with Gasteiger partial charge in [-0.05, 0) is 62.6 Å². The van der Waals surface area contributed by atoms with Crippen molar-refractivity contribution in [1.29, 1.82) is 0 Å². The number of hydrogen-bond donors (Lipinski definition) is 3. The largest absolute Gasteiger partial charge is 0.505 e. The van der Waals surface area contributed by atoms with E-state index in [1.165, 1.54) is 0 Å². The van der Waals surface area contributed by atoms with Gasteiger partial charge < -0.3 is 25.2 Å². The second-order valence-corrected chi connectivity index (χ2v) is 8.40. The van der Waals surface area contributed by atoms with Crippen LogP contribution in [0.2, 0.25) is 0 Å². The first kappa shape index (κ1) is 27.1. The number of carbonyl (C=O) groups excluding carboxylic acids is 2. The zero-order chi connectivity index (χ0) is 27.8. The molecule has 0 aliphatic carbocycles. The molecule has 2 amide bonds. The zero-order valence-corrected chi connectivity index (χ0v) is 22.0. The second kappa shape index (κ2) is 12.6. The second-order valence-electron chi connectivity index (χ2n) is 8.40. The molecule has 4 aromatic rings. The number of phenols is 1. The van der Waals surface area contributed by atoms with E-state index in [0.29, 0.717) is 59.0 Å². The predicted octanol–water partition coefficient (Wildman–Crippen LogP) is 6.76. The lowest BCUT2D eigenvalue weighted by atomic mass is 10.0. The number of phenolic OH excluding ortho intramolecular Hbond substituents is 1. The van der Waals surface area contributed by atoms with E-state index >= 15 is 0 Å². The minimum Gasteiger partial charge on any atom is -0.505 e. The number of anilines is 1. The number of ether oxygens (including phenoxy) is 2. The fourth-order valence-corrected chi connectivity index (χ4v) is 4.01. The summed E-state index contributed by atoms with van der Waals surface area (Å²) in [5.74, 6) is -0.170. The van der Waals surface area contributed by atoms with Gasteiger partial charge in [-0.15, -0.1) is 10.2 Å². The molecule has 0 aliphatic rings. The molecular formula is C30H30N4O5. The Labute approximate surface area is 226 Å². The average molecular weight is 527 g/mol. The molecule has 0 saturated heterocycles. The fraction of sp³-hybridized carbons (Fsp3) is 0.200. The van der Waals surface area contributed by atoms with Crippen molar-refractivity contribution in [3.63, 3.8) is 0 Å². The number of azo groups is 1. The smallest absolute Gasteiger partial charge is 0.259 e. The molecule has 0 spiro atoms. The first-order valence-corrected chi connectivity index (χ1v) is 12.7. The highest BCUT2D eigenvalue weighted by molar-refractivity contribution is 6.12. The van der Waals surface area contributed by atoms with Crippen LogP contribution in [-0.4, -0.2) is 36.7 Å². The maximum absolute atomic E-state index is 13.3. The lowest BCUT2D eigenvalue weighted by molar-refractivity contribution is 0.0954. The Bertz CT molecular complexity index is 1530. The summed E-state index contributed by atoms with van der Waals surface area (Å²) in [6, 6.07) is 20.8. The van der Waals surface area contributed by atoms with Crippen molar-refractivity contribution >= 4 is 39.6 Å². The van der Waals surface area contributed by atoms with Crippen molar-refractivity contribution in [2.24, 2.45) is 10.2 Å². The summed E-state index contributed by atoms with van der Waals surface area (Å²) in [6.07, 6.45) is 0. The Morgan fingerprint density at radius 1 is 0.821 bits per heavy atom. The van der Waals surface area contributed by atoms with Crippen LogP contribution in [0, 0.1) is 0 Å². The third-order valence-electron chi connectivity index (χ3n) is 5.79. The first-order chi connectivity index (χ1) is 19.0. The molecule has 0 atom stereocenters. The van der Waals surface area contributed by atoms with E-state index in [-0.39, 0.29) is 22.9 Å². The Hall–Kier alpha value is -4.92. The maximum atomic E-state index is 13.3. The normalized spacial score (nSPS) is 10.9. The topological polar surface area (TPSA) is 122 Å². The van der Waals surface area contributed by atoms with E-state index in [2.05, 4.69) is 20.9 Å². The molecule has 39 heavy (non-hydrogen) atoms. The van der Waals surface area contributed by atoms with Gasteiger partial charge in [0.15, 0.2) is 5.75 Å². The highest BCUT2D eigenvalue weighted by Crippen LogP contribution is 2.41. The van der Waals surface area contributed by atoms with Crippen LogP contribution in [0.1, 0.15) is 41.5 Å². The number of nitrogens with one attached hydrogen (secondary N) is 2. The van der Waals surface area contributed by atoms with Crippen molar-refractivity contribution in [3.8, 4) is 17.2 Å². The van der Waals surface area contributed by atoms with Gasteiger partial charge in [0, 0.05) is 17.5 Å². The summed E-state index contributed by atoms with van der Waals surface area (Å²) in [5.41, 5.74) is 1.31. The third-order valence-corrected chi connectivity index (χ3v) is 5.79. The van der Waals surface area contributed by atoms with Crippen LogP contribution in [0.3, 0.4) is 0 Å². The molecule has 0 heterocycles. The van der Waals surface area contributed by atoms with Crippen molar-refractivity contribution in [3.05, 3.63) is 83.9 Å². The molecule has 0 radical (unpaired) electrons. The molecule has 4 aromatic carbocycles. The van der Waals surface area contributed by atoms with Gasteiger partial charge in [-0.3, -0.25) is 9.59 Å². The van der Waals surface area contributed by atoms with Crippen LogP contribution in [-0.2, 0) is 0 Å². The van der Waals surface area contributed by atoms with E-state index in [0.717, 1.165) is 0 Å². The minimum absolute atomic E-state index is 0.0232. The van der Waals surface area contributed by atoms with E-state index in [9.17, 15) is 14.7 Å². The Morgan fingerprint density at radius 2 is 1.54 bits per heavy atom. The summed E-state index contributed by atoms with van der Waals surface area (Å²) in [4.78, 5) is 25.7. The number of benzene rings is 4. The van der Waals surface area contributed by atoms with Gasteiger partial charge in [-0.2, -0.15) is 0 Å². The molecule has 4 rings (SSSR count). The van der Waals surface area contributed by atoms with Crippen molar-refractivity contribution in [2.75, 3.05) is 25.1 Å². The van der Waals surface area contributed by atoms with E-state index in [1.54, 1.807) is 54.6 Å². The summed E-state index contributed by atoms with van der Waals surface area (Å²) in [7, 11) is 0. The quantitative estimate of drug-likeness (QED) is 0.197. The predicted molar refractivity (Wildman–Crippen MR) is 151 cm³/mol. The number of para-hydroxylation sites is 2. The molecule has 9 nitrogen and oxygen atoms in total. The number of amides is 2. The molecule has 0 unspecified atom stereocenters. The molecule has 9 heteroatoms. The summed E-state index contributed by atoms with van der Waals surface area (Å²) in [5, 5.41) is 26.8. The van der Waals surface area contributed by atoms with Crippen molar-refractivity contribution < 1.29 is 24.2 Å². The average Bonchev–Trinajstić information content (AvgIpc) is 2.94. The zero-order valence-electron chi connectivity index (χ0n) is 22.0. The Morgan fingerprint density at radius 3 is 2.31 bits per heavy atom. The third kappa shape index (κ3) is 6.15. The number of aromatic hydroxyl groups is 1. The molecule has 0 aliphatic heterocycles. The lowest BCUT2D eigenvalue weighted by Gasteiger charge is -2.14. The SMILES string of the molecule is CCNC(=O)c1ccc(OCC)c(/N=N/c2c(O)c(C(=O)Nc3ccccc3OCC)cc3ccccc23)c1. The molecule has 3 N–H and O–H groups in total. The summed E-state index contributed by atoms with van der Waals surface area (Å²) in [6.45, 7) is 6.82. The number of hydrogen-bond acceptors (Lipinski definition) is 7. The van der Waals surface area contributed by atoms with Crippen LogP contribution in [0.5, 0.6) is 17.2 Å². The molecule has 0 fully saturated rings. The molecule has 0 aromatic heterocycles. The monoisotopic (exact) mass is 526 g/mol. The number of nitrogens with zero attached hydrogens (tertiary/aromatic N) is 2. The highest BCUT2D eigenvalue weighted by atomic mass is 16.5. The van der Waals surface area contributed by atoms with Gasteiger partial charge in [-0.1, -0.05) is 36.4 Å². The maximum Gasteiger partial charge on any atom is 0.259 e. The van der Waals surface area contributed by atoms with Crippen molar-refractivity contribution in [2.45, 2.75) is 20.8 Å². The molecular weight excluding hydrogens is 496 g/mol. The van der Waals surface area contributed by atoms with Crippen LogP contribution in [0.4, 0.5) is 17.1 Å². The van der Waals surface area contributed by atoms with E-state index in [4.69, 9.17) is 9.47 Å². The van der Waals surface area contributed by atoms with Gasteiger partial charge in [-0.25, -0.2) is 0 Å². The Kier molecular flexibility index (Phi) is 8.73. The number of carbonyl (C=O) groups is 2. The first-order valence-electron chi connectivity index (χ1n) is 12.7. The van der Waals surface area contributed by atoms with Gasteiger partial charge >= 0.3 is 0 Å². The van der Waals surface area contributed by atoms with Crippen LogP contribution >= 0.6 is 0 Å². The standard InChI is InChI=1S/C30H30N4O5/c1-4-31-29(36)20-15-16-26(39-6-3)24(18-20)33-34-27-21-12-8-7-11-19(21)17-22(28(27)35)30(37)32-23-13-9-10-14-25(23)38-5-2/h7-18,35H,4-6H2,1-3H3,(H,31,36)(H,32,37)/b34-33+. The minimum atomic E-state index is -0.532. The van der Waals surface area contributed by atoms with Gasteiger partial charge in [0.05, 0.1) is 24.5 Å². The van der Waals surface area contributed by atoms with Gasteiger partial charge in [0.1, 0.15) is 22.9 Å². The number of rotatable bonds is 10. The van der Waals surface area contributed by atoms with E-state index < -0.39 is 5.91 Å². The van der Waals surface area contributed by atoms with Crippen LogP contribution in [0.15, 0.2) is 83.0 Å². The van der Waals surface area contributed by atoms with E-state index in [1.807, 2.05) is 39.0 Å². The van der Waals surface area contributed by atoms with Crippen LogP contribution < -0.4 is 20.1 Å². The Balaban J connectivity index is 1.77. The van der Waals surface area contributed by atoms with Gasteiger partial charge in [0.2, 0.25) is 0 Å². The molecule has 200 valence electrons. The van der Waals surface area contributed by atoms with Crippen LogP contribution in [0.25, 0.3) is 10.8 Å². The summed E-state index contributed by atoms with van der Waals surface area (Å²) >= 11 is 0.